The van der Waals surface area contributed by atoms with Crippen LogP contribution in [0.25, 0.3) is 10.1 Å². The number of thiophene rings is 1. The summed E-state index contributed by atoms with van der Waals surface area (Å²) in [6, 6.07) is 7.76. The molecule has 0 saturated carbocycles. The molecular formula is C8H4NO2S. The van der Waals surface area contributed by atoms with Crippen LogP contribution in [-0.2, 0) is 0 Å². The van der Waals surface area contributed by atoms with Crippen LogP contribution in [0.15, 0.2) is 23.6 Å². The first kappa shape index (κ1) is 7.24. The summed E-state index contributed by atoms with van der Waals surface area (Å²) in [5.74, 6) is 0. The van der Waals surface area contributed by atoms with Crippen molar-refractivity contribution in [2.75, 3.05) is 0 Å². The van der Waals surface area contributed by atoms with Gasteiger partial charge in [0.05, 0.1) is 16.4 Å². The van der Waals surface area contributed by atoms with Gasteiger partial charge >= 0.3 is 0 Å². The molecule has 3 nitrogen and oxygen atoms in total. The van der Waals surface area contributed by atoms with Gasteiger partial charge in [-0.1, -0.05) is 0 Å². The number of rotatable bonds is 1. The zero-order valence-electron chi connectivity index (χ0n) is 5.98. The molecule has 0 saturated heterocycles. The summed E-state index contributed by atoms with van der Waals surface area (Å²) in [5, 5.41) is 13.0. The van der Waals surface area contributed by atoms with Crippen molar-refractivity contribution in [1.82, 2.24) is 0 Å². The zero-order chi connectivity index (χ0) is 8.55. The molecule has 0 bridgehead atoms. The van der Waals surface area contributed by atoms with Gasteiger partial charge in [-0.15, -0.1) is 11.3 Å². The molecule has 0 atom stereocenters. The van der Waals surface area contributed by atoms with Crippen molar-refractivity contribution in [1.29, 1.82) is 0 Å². The fourth-order valence-corrected chi connectivity index (χ4v) is 1.86. The molecule has 1 heterocycles. The predicted molar refractivity (Wildman–Crippen MR) is 47.3 cm³/mol. The average Bonchev–Trinajstić information content (AvgIpc) is 2.49. The van der Waals surface area contributed by atoms with Crippen LogP contribution >= 0.6 is 11.3 Å². The zero-order valence-corrected chi connectivity index (χ0v) is 6.80. The highest BCUT2D eigenvalue weighted by atomic mass is 32.1. The Morgan fingerprint density at radius 2 is 2.33 bits per heavy atom. The maximum atomic E-state index is 10.5. The lowest BCUT2D eigenvalue weighted by molar-refractivity contribution is -0.383. The van der Waals surface area contributed by atoms with Crippen LogP contribution in [-0.4, -0.2) is 4.92 Å². The topological polar surface area (TPSA) is 43.1 Å². The highest BCUT2D eigenvalue weighted by molar-refractivity contribution is 7.17. The van der Waals surface area contributed by atoms with Crippen molar-refractivity contribution in [2.45, 2.75) is 0 Å². The molecule has 0 fully saturated rings. The molecule has 0 aliphatic carbocycles. The highest BCUT2D eigenvalue weighted by Gasteiger charge is 2.11. The standard InChI is InChI=1S/C8H4NO2S/c10-9(11)7-2-1-3-8-6(7)4-5-12-8/h1,3-5H. The van der Waals surface area contributed by atoms with E-state index in [4.69, 9.17) is 0 Å². The van der Waals surface area contributed by atoms with Crippen LogP contribution in [0.5, 0.6) is 0 Å². The Bertz CT molecular complexity index is 435. The SMILES string of the molecule is O=[N+]([O-])c1[c]ccc2sccc12. The van der Waals surface area contributed by atoms with E-state index >= 15 is 0 Å². The van der Waals surface area contributed by atoms with E-state index in [0.29, 0.717) is 5.39 Å². The molecule has 2 aromatic rings. The fraction of sp³-hybridized carbons (Fsp3) is 0. The minimum absolute atomic E-state index is 0.0637. The molecule has 4 heteroatoms. The lowest BCUT2D eigenvalue weighted by Crippen LogP contribution is -1.87. The summed E-state index contributed by atoms with van der Waals surface area (Å²) in [7, 11) is 0. The van der Waals surface area contributed by atoms with E-state index in [-0.39, 0.29) is 5.69 Å². The van der Waals surface area contributed by atoms with E-state index in [2.05, 4.69) is 6.07 Å². The molecule has 1 aromatic carbocycles. The van der Waals surface area contributed by atoms with Crippen molar-refractivity contribution in [2.24, 2.45) is 0 Å². The summed E-state index contributed by atoms with van der Waals surface area (Å²) in [4.78, 5) is 10.1. The second-order valence-corrected chi connectivity index (χ2v) is 3.23. The average molecular weight is 178 g/mol. The van der Waals surface area contributed by atoms with Crippen LogP contribution in [0.3, 0.4) is 0 Å². The molecule has 0 spiro atoms. The second-order valence-electron chi connectivity index (χ2n) is 2.28. The Kier molecular flexibility index (Phi) is 1.55. The number of nitrogens with zero attached hydrogens (tertiary/aromatic N) is 1. The molecule has 1 aromatic heterocycles. The summed E-state index contributed by atoms with van der Waals surface area (Å²) < 4.78 is 0.931. The highest BCUT2D eigenvalue weighted by Crippen LogP contribution is 2.28. The molecule has 0 N–H and O–H groups in total. The van der Waals surface area contributed by atoms with E-state index in [0.717, 1.165) is 4.70 Å². The number of fused-ring (bicyclic) bond motifs is 1. The predicted octanol–water partition coefficient (Wildman–Crippen LogP) is 2.61. The molecule has 1 radical (unpaired) electrons. The minimum Gasteiger partial charge on any atom is -0.258 e. The second kappa shape index (κ2) is 2.57. The van der Waals surface area contributed by atoms with Gasteiger partial charge in [-0.2, -0.15) is 0 Å². The molecular weight excluding hydrogens is 174 g/mol. The number of hydrogen-bond donors (Lipinski definition) is 0. The van der Waals surface area contributed by atoms with E-state index in [1.165, 1.54) is 11.3 Å². The van der Waals surface area contributed by atoms with Gasteiger partial charge < -0.3 is 0 Å². The number of hydrogen-bond acceptors (Lipinski definition) is 3. The van der Waals surface area contributed by atoms with Gasteiger partial charge in [-0.05, 0) is 23.6 Å². The molecule has 0 aliphatic heterocycles. The van der Waals surface area contributed by atoms with Gasteiger partial charge in [0.15, 0.2) is 0 Å². The van der Waals surface area contributed by atoms with Crippen molar-refractivity contribution in [3.05, 3.63) is 39.8 Å². The first-order chi connectivity index (χ1) is 5.79. The first-order valence-electron chi connectivity index (χ1n) is 3.31. The molecule has 2 rings (SSSR count). The van der Waals surface area contributed by atoms with Gasteiger partial charge in [0.25, 0.3) is 5.69 Å². The van der Waals surface area contributed by atoms with Crippen molar-refractivity contribution >= 4 is 27.1 Å². The van der Waals surface area contributed by atoms with Crippen molar-refractivity contribution < 1.29 is 4.92 Å². The van der Waals surface area contributed by atoms with Crippen LogP contribution in [0.2, 0.25) is 0 Å². The van der Waals surface area contributed by atoms with Gasteiger partial charge in [0.2, 0.25) is 0 Å². The summed E-state index contributed by atoms with van der Waals surface area (Å²) >= 11 is 1.49. The maximum absolute atomic E-state index is 10.5. The van der Waals surface area contributed by atoms with Crippen molar-refractivity contribution in [3.8, 4) is 0 Å². The summed E-state index contributed by atoms with van der Waals surface area (Å²) in [6.45, 7) is 0. The lowest BCUT2D eigenvalue weighted by atomic mass is 10.2. The Balaban J connectivity index is 2.82. The van der Waals surface area contributed by atoms with Gasteiger partial charge in [0, 0.05) is 4.70 Å². The fourth-order valence-electron chi connectivity index (χ4n) is 1.07. The summed E-state index contributed by atoms with van der Waals surface area (Å²) in [5.41, 5.74) is 0.0637. The molecule has 0 unspecified atom stereocenters. The largest absolute Gasteiger partial charge is 0.286 e. The quantitative estimate of drug-likeness (QED) is 0.497. The van der Waals surface area contributed by atoms with Crippen LogP contribution < -0.4 is 0 Å². The molecule has 59 valence electrons. The van der Waals surface area contributed by atoms with Gasteiger partial charge in [-0.3, -0.25) is 10.1 Å². The Morgan fingerprint density at radius 1 is 1.50 bits per heavy atom. The van der Waals surface area contributed by atoms with Crippen LogP contribution in [0.4, 0.5) is 5.69 Å². The third kappa shape index (κ3) is 0.967. The van der Waals surface area contributed by atoms with Crippen LogP contribution in [0, 0.1) is 16.2 Å². The normalized spacial score (nSPS) is 10.3. The third-order valence-corrected chi connectivity index (χ3v) is 2.47. The number of nitro benzene ring substituents is 1. The number of benzene rings is 1. The van der Waals surface area contributed by atoms with Gasteiger partial charge in [-0.25, -0.2) is 0 Å². The Labute approximate surface area is 72.4 Å². The minimum atomic E-state index is -0.408. The summed E-state index contributed by atoms with van der Waals surface area (Å²) in [6.07, 6.45) is 0. The van der Waals surface area contributed by atoms with E-state index < -0.39 is 4.92 Å². The Hall–Kier alpha value is -1.42. The van der Waals surface area contributed by atoms with E-state index in [9.17, 15) is 10.1 Å². The first-order valence-corrected chi connectivity index (χ1v) is 4.19. The lowest BCUT2D eigenvalue weighted by Gasteiger charge is -1.90. The molecule has 12 heavy (non-hydrogen) atoms. The monoisotopic (exact) mass is 178 g/mol. The smallest absolute Gasteiger partial charge is 0.258 e. The van der Waals surface area contributed by atoms with Crippen molar-refractivity contribution in [3.63, 3.8) is 0 Å². The maximum Gasteiger partial charge on any atom is 0.286 e. The Morgan fingerprint density at radius 3 is 3.08 bits per heavy atom. The van der Waals surface area contributed by atoms with Gasteiger partial charge in [0.1, 0.15) is 0 Å². The third-order valence-electron chi connectivity index (χ3n) is 1.59. The van der Waals surface area contributed by atoms with E-state index in [1.807, 2.05) is 11.4 Å². The number of nitro groups is 1. The molecule has 0 amide bonds. The number of non-ortho nitro benzene ring substituents is 1. The van der Waals surface area contributed by atoms with Crippen LogP contribution in [0.1, 0.15) is 0 Å². The van der Waals surface area contributed by atoms with E-state index in [1.54, 1.807) is 12.1 Å². The molecule has 0 aliphatic rings.